The smallest absolute Gasteiger partial charge is 0.486 e. The molecule has 0 atom stereocenters. The van der Waals surface area contributed by atoms with E-state index in [-0.39, 0.29) is 13.2 Å². The molecule has 0 radical (unpaired) electrons. The Morgan fingerprint density at radius 1 is 1.00 bits per heavy atom. The monoisotopic (exact) mass is 451 g/mol. The summed E-state index contributed by atoms with van der Waals surface area (Å²) < 4.78 is 29.1. The van der Waals surface area contributed by atoms with Crippen molar-refractivity contribution in [3.8, 4) is 11.5 Å². The topological polar surface area (TPSA) is 75.2 Å². The Morgan fingerprint density at radius 2 is 1.67 bits per heavy atom. The molecule has 2 aromatic rings. The van der Waals surface area contributed by atoms with Crippen LogP contribution in [0, 0.1) is 0 Å². The maximum absolute atomic E-state index is 12.4. The Kier molecular flexibility index (Phi) is 6.67. The number of hydrogen-bond acceptors (Lipinski definition) is 6. The van der Waals surface area contributed by atoms with Crippen LogP contribution >= 0.6 is 0 Å². The van der Waals surface area contributed by atoms with E-state index >= 15 is 0 Å². The minimum absolute atomic E-state index is 0.199. The first-order chi connectivity index (χ1) is 15.7. The van der Waals surface area contributed by atoms with Gasteiger partial charge in [0.2, 0.25) is 0 Å². The zero-order valence-electron chi connectivity index (χ0n) is 19.6. The molecule has 1 amide bonds. The van der Waals surface area contributed by atoms with Gasteiger partial charge in [0.25, 0.3) is 0 Å². The molecule has 2 aliphatic rings. The molecule has 2 aliphatic heterocycles. The fraction of sp³-hybridized carbons (Fsp3) is 0.400. The Labute approximate surface area is 195 Å². The summed E-state index contributed by atoms with van der Waals surface area (Å²) in [6.45, 7) is 9.44. The van der Waals surface area contributed by atoms with Crippen LogP contribution < -0.4 is 14.8 Å². The first kappa shape index (κ1) is 23.2. The van der Waals surface area contributed by atoms with Crippen molar-refractivity contribution < 1.29 is 28.3 Å². The molecule has 1 N–H and O–H groups in total. The van der Waals surface area contributed by atoms with E-state index in [0.717, 1.165) is 22.3 Å². The lowest BCUT2D eigenvalue weighted by Gasteiger charge is -2.32. The number of carbonyl (C=O) groups is 1. The number of hydrogen-bond donors (Lipinski definition) is 1. The average molecular weight is 451 g/mol. The van der Waals surface area contributed by atoms with Gasteiger partial charge in [0, 0.05) is 6.54 Å². The minimum Gasteiger partial charge on any atom is -0.486 e. The summed E-state index contributed by atoms with van der Waals surface area (Å²) in [6, 6.07) is 15.3. The molecule has 0 bridgehead atoms. The average Bonchev–Trinajstić information content (AvgIpc) is 3.02. The third kappa shape index (κ3) is 5.51. The maximum Gasteiger partial charge on any atom is 0.492 e. The summed E-state index contributed by atoms with van der Waals surface area (Å²) >= 11 is 0. The molecule has 1 fully saturated rings. The molecule has 0 aliphatic carbocycles. The van der Waals surface area contributed by atoms with Gasteiger partial charge >= 0.3 is 13.2 Å². The van der Waals surface area contributed by atoms with E-state index < -0.39 is 24.4 Å². The Balaban J connectivity index is 1.49. The van der Waals surface area contributed by atoms with Gasteiger partial charge in [0.1, 0.15) is 19.8 Å². The molecule has 2 aromatic carbocycles. The highest BCUT2D eigenvalue weighted by Gasteiger charge is 2.52. The predicted octanol–water partition coefficient (Wildman–Crippen LogP) is 4.40. The second-order valence-corrected chi connectivity index (χ2v) is 9.13. The number of carbonyl (C=O) groups excluding carboxylic acids is 1. The lowest BCUT2D eigenvalue weighted by molar-refractivity contribution is 0.00578. The zero-order chi connectivity index (χ0) is 23.5. The van der Waals surface area contributed by atoms with Crippen molar-refractivity contribution in [3.63, 3.8) is 0 Å². The van der Waals surface area contributed by atoms with Crippen LogP contribution in [0.5, 0.6) is 11.5 Å². The summed E-state index contributed by atoms with van der Waals surface area (Å²) in [7, 11) is -0.613. The molecular weight excluding hydrogens is 421 g/mol. The second kappa shape index (κ2) is 9.49. The maximum atomic E-state index is 12.4. The summed E-state index contributed by atoms with van der Waals surface area (Å²) in [4.78, 5) is 12.4. The van der Waals surface area contributed by atoms with Crippen molar-refractivity contribution in [2.75, 3.05) is 19.8 Å². The summed E-state index contributed by atoms with van der Waals surface area (Å²) in [5, 5.41) is 2.82. The number of rotatable bonds is 6. The largest absolute Gasteiger partial charge is 0.492 e. The van der Waals surface area contributed by atoms with Crippen LogP contribution in [0.2, 0.25) is 0 Å². The lowest BCUT2D eigenvalue weighted by atomic mass is 9.77. The van der Waals surface area contributed by atoms with E-state index in [9.17, 15) is 4.79 Å². The fourth-order valence-corrected chi connectivity index (χ4v) is 3.51. The quantitative estimate of drug-likeness (QED) is 0.657. The van der Waals surface area contributed by atoms with E-state index in [4.69, 9.17) is 23.5 Å². The van der Waals surface area contributed by atoms with Gasteiger partial charge in [0.15, 0.2) is 11.5 Å². The Bertz CT molecular complexity index is 1000. The van der Waals surface area contributed by atoms with Gasteiger partial charge in [-0.15, -0.1) is 0 Å². The van der Waals surface area contributed by atoms with Crippen LogP contribution in [0.4, 0.5) is 4.79 Å². The Morgan fingerprint density at radius 3 is 2.36 bits per heavy atom. The van der Waals surface area contributed by atoms with Gasteiger partial charge in [-0.05, 0) is 56.4 Å². The van der Waals surface area contributed by atoms with Gasteiger partial charge in [0.05, 0.1) is 11.2 Å². The van der Waals surface area contributed by atoms with Crippen LogP contribution in [-0.4, -0.2) is 44.2 Å². The number of alkyl carbamates (subject to hydrolysis) is 1. The number of fused-ring (bicyclic) bond motifs is 1. The summed E-state index contributed by atoms with van der Waals surface area (Å²) in [6.07, 6.45) is 1.43. The third-order valence-corrected chi connectivity index (χ3v) is 6.12. The van der Waals surface area contributed by atoms with Crippen molar-refractivity contribution in [2.45, 2.75) is 45.5 Å². The molecule has 0 saturated carbocycles. The Hall–Kier alpha value is -2.97. The predicted molar refractivity (Wildman–Crippen MR) is 126 cm³/mol. The molecule has 33 heavy (non-hydrogen) atoms. The van der Waals surface area contributed by atoms with Crippen molar-refractivity contribution in [3.05, 3.63) is 65.1 Å². The first-order valence-electron chi connectivity index (χ1n) is 11.1. The van der Waals surface area contributed by atoms with Crippen LogP contribution in [-0.2, 0) is 20.7 Å². The van der Waals surface area contributed by atoms with Crippen LogP contribution in [0.1, 0.15) is 38.8 Å². The van der Waals surface area contributed by atoms with E-state index in [1.54, 1.807) is 0 Å². The molecule has 0 unspecified atom stereocenters. The van der Waals surface area contributed by atoms with Gasteiger partial charge in [-0.25, -0.2) is 4.79 Å². The molecule has 0 aromatic heterocycles. The van der Waals surface area contributed by atoms with Crippen LogP contribution in [0.25, 0.3) is 6.08 Å². The minimum atomic E-state index is -0.613. The highest BCUT2D eigenvalue weighted by atomic mass is 16.7. The standard InChI is InChI=1S/C25H30BNO6/c1-24(2)25(3,4)33-26(32-24)20(14-19-10-11-21-22(15-19)30-13-12-29-21)16-27-23(28)31-17-18-8-6-5-7-9-18/h5-11,14-15H,12-13,16-17H2,1-4H3,(H,27,28). The molecule has 8 heteroatoms. The lowest BCUT2D eigenvalue weighted by Crippen LogP contribution is -2.41. The van der Waals surface area contributed by atoms with E-state index in [1.807, 2.05) is 82.3 Å². The third-order valence-electron chi connectivity index (χ3n) is 6.12. The zero-order valence-corrected chi connectivity index (χ0v) is 19.6. The van der Waals surface area contributed by atoms with Gasteiger partial charge in [-0.1, -0.05) is 42.5 Å². The number of benzene rings is 2. The molecular formula is C25H30BNO6. The molecule has 174 valence electrons. The summed E-state index contributed by atoms with van der Waals surface area (Å²) in [5.41, 5.74) is 1.57. The van der Waals surface area contributed by atoms with Crippen LogP contribution in [0.15, 0.2) is 54.0 Å². The first-order valence-corrected chi connectivity index (χ1v) is 11.1. The van der Waals surface area contributed by atoms with Gasteiger partial charge < -0.3 is 28.8 Å². The van der Waals surface area contributed by atoms with E-state index in [2.05, 4.69) is 5.32 Å². The number of nitrogens with one attached hydrogen (secondary N) is 1. The van der Waals surface area contributed by atoms with Gasteiger partial charge in [-0.2, -0.15) is 0 Å². The normalized spacial score (nSPS) is 18.7. The number of amides is 1. The molecule has 0 spiro atoms. The second-order valence-electron chi connectivity index (χ2n) is 9.13. The molecule has 4 rings (SSSR count). The SMILES string of the molecule is CC1(C)OB(C(=Cc2ccc3c(c2)OCCO3)CNC(=O)OCc2ccccc2)OC1(C)C. The van der Waals surface area contributed by atoms with Crippen LogP contribution in [0.3, 0.4) is 0 Å². The van der Waals surface area contributed by atoms with Crippen molar-refractivity contribution in [1.29, 1.82) is 0 Å². The van der Waals surface area contributed by atoms with Crippen molar-refractivity contribution >= 4 is 19.3 Å². The molecule has 7 nitrogen and oxygen atoms in total. The summed E-state index contributed by atoms with van der Waals surface area (Å²) in [5.74, 6) is 1.41. The van der Waals surface area contributed by atoms with Crippen molar-refractivity contribution in [2.24, 2.45) is 0 Å². The highest BCUT2D eigenvalue weighted by molar-refractivity contribution is 6.56. The highest BCUT2D eigenvalue weighted by Crippen LogP contribution is 2.39. The van der Waals surface area contributed by atoms with Crippen molar-refractivity contribution in [1.82, 2.24) is 5.32 Å². The fourth-order valence-electron chi connectivity index (χ4n) is 3.51. The van der Waals surface area contributed by atoms with E-state index in [1.165, 1.54) is 0 Å². The van der Waals surface area contributed by atoms with Gasteiger partial charge in [-0.3, -0.25) is 0 Å². The molecule has 2 heterocycles. The van der Waals surface area contributed by atoms with E-state index in [0.29, 0.717) is 19.0 Å². The molecule has 1 saturated heterocycles. The number of ether oxygens (including phenoxy) is 3.